The molecule has 2 aromatic carbocycles. The zero-order chi connectivity index (χ0) is 21.9. The van der Waals surface area contributed by atoms with E-state index in [4.69, 9.17) is 0 Å². The molecule has 0 saturated carbocycles. The molecule has 0 bridgehead atoms. The van der Waals surface area contributed by atoms with E-state index in [0.29, 0.717) is 5.56 Å². The van der Waals surface area contributed by atoms with Crippen molar-refractivity contribution < 1.29 is 26.4 Å². The summed E-state index contributed by atoms with van der Waals surface area (Å²) in [6.07, 6.45) is -2.89. The largest absolute Gasteiger partial charge is 0.416 e. The Balaban J connectivity index is 1.68. The second-order valence-corrected chi connectivity index (χ2v) is 8.94. The molecule has 0 aromatic heterocycles. The lowest BCUT2D eigenvalue weighted by molar-refractivity contribution is -0.137. The van der Waals surface area contributed by atoms with Gasteiger partial charge in [-0.3, -0.25) is 9.52 Å². The summed E-state index contributed by atoms with van der Waals surface area (Å²) in [4.78, 5) is 14.4. The van der Waals surface area contributed by atoms with Crippen LogP contribution in [0.5, 0.6) is 0 Å². The second-order valence-electron chi connectivity index (χ2n) is 7.26. The van der Waals surface area contributed by atoms with E-state index in [1.807, 2.05) is 7.05 Å². The van der Waals surface area contributed by atoms with Gasteiger partial charge in [-0.15, -0.1) is 0 Å². The van der Waals surface area contributed by atoms with E-state index in [1.165, 1.54) is 30.3 Å². The van der Waals surface area contributed by atoms with Crippen LogP contribution in [0.2, 0.25) is 0 Å². The number of hydrogen-bond acceptors (Lipinski definition) is 4. The van der Waals surface area contributed by atoms with Gasteiger partial charge in [-0.2, -0.15) is 13.2 Å². The molecule has 3 rings (SSSR count). The van der Waals surface area contributed by atoms with Crippen molar-refractivity contribution >= 4 is 21.6 Å². The number of sulfonamides is 1. The van der Waals surface area contributed by atoms with Crippen LogP contribution in [0.1, 0.15) is 28.8 Å². The van der Waals surface area contributed by atoms with E-state index in [2.05, 4.69) is 14.9 Å². The predicted octanol–water partition coefficient (Wildman–Crippen LogP) is 3.33. The fraction of sp³-hybridized carbons (Fsp3) is 0.350. The number of nitrogens with zero attached hydrogens (tertiary/aromatic N) is 1. The third-order valence-electron chi connectivity index (χ3n) is 4.92. The standard InChI is InChI=1S/C20H22F3N3O3S/c1-26-11-9-16(10-12-26)24-19(27)14-5-7-18(8-6-14)30(28,29)25-17-4-2-3-15(13-17)20(21,22)23/h2-8,13,16,25H,9-12H2,1H3,(H,24,27). The fourth-order valence-corrected chi connectivity index (χ4v) is 4.23. The normalized spacial score (nSPS) is 16.3. The minimum absolute atomic E-state index is 0.0692. The first-order chi connectivity index (χ1) is 14.0. The lowest BCUT2D eigenvalue weighted by atomic mass is 10.0. The lowest BCUT2D eigenvalue weighted by Crippen LogP contribution is -2.43. The van der Waals surface area contributed by atoms with Crippen LogP contribution in [-0.2, 0) is 16.2 Å². The number of alkyl halides is 3. The van der Waals surface area contributed by atoms with Gasteiger partial charge < -0.3 is 10.2 Å². The molecule has 1 saturated heterocycles. The summed E-state index contributed by atoms with van der Waals surface area (Å²) in [6.45, 7) is 1.78. The Morgan fingerprint density at radius 2 is 1.70 bits per heavy atom. The van der Waals surface area contributed by atoms with Gasteiger partial charge in [0.15, 0.2) is 0 Å². The predicted molar refractivity (Wildman–Crippen MR) is 107 cm³/mol. The highest BCUT2D eigenvalue weighted by Gasteiger charge is 2.30. The fourth-order valence-electron chi connectivity index (χ4n) is 3.18. The number of carbonyl (C=O) groups excluding carboxylic acids is 1. The summed E-state index contributed by atoms with van der Waals surface area (Å²) in [5.41, 5.74) is -0.843. The molecule has 0 unspecified atom stereocenters. The highest BCUT2D eigenvalue weighted by Crippen LogP contribution is 2.31. The zero-order valence-electron chi connectivity index (χ0n) is 16.2. The molecule has 0 aliphatic carbocycles. The van der Waals surface area contributed by atoms with Crippen molar-refractivity contribution in [3.05, 3.63) is 59.7 Å². The van der Waals surface area contributed by atoms with Gasteiger partial charge in [-0.1, -0.05) is 6.07 Å². The maximum atomic E-state index is 12.8. The van der Waals surface area contributed by atoms with E-state index in [-0.39, 0.29) is 22.5 Å². The van der Waals surface area contributed by atoms with Crippen molar-refractivity contribution in [1.82, 2.24) is 10.2 Å². The van der Waals surface area contributed by atoms with Crippen molar-refractivity contribution in [1.29, 1.82) is 0 Å². The van der Waals surface area contributed by atoms with Gasteiger partial charge >= 0.3 is 6.18 Å². The third-order valence-corrected chi connectivity index (χ3v) is 6.32. The van der Waals surface area contributed by atoms with Crippen LogP contribution in [0.4, 0.5) is 18.9 Å². The van der Waals surface area contributed by atoms with Gasteiger partial charge in [0.05, 0.1) is 10.5 Å². The van der Waals surface area contributed by atoms with Crippen LogP contribution in [-0.4, -0.2) is 45.4 Å². The number of piperidine rings is 1. The summed E-state index contributed by atoms with van der Waals surface area (Å²) in [5.74, 6) is -0.292. The van der Waals surface area contributed by atoms with Crippen molar-refractivity contribution in [3.63, 3.8) is 0 Å². The highest BCUT2D eigenvalue weighted by atomic mass is 32.2. The summed E-state index contributed by atoms with van der Waals surface area (Å²) < 4.78 is 65.6. The van der Waals surface area contributed by atoms with Crippen molar-refractivity contribution in [2.24, 2.45) is 0 Å². The van der Waals surface area contributed by atoms with E-state index in [1.54, 1.807) is 0 Å². The smallest absolute Gasteiger partial charge is 0.349 e. The Hall–Kier alpha value is -2.59. The average Bonchev–Trinajstić information content (AvgIpc) is 2.69. The number of amides is 1. The number of halogens is 3. The Labute approximate surface area is 173 Å². The molecule has 1 heterocycles. The van der Waals surface area contributed by atoms with Crippen LogP contribution >= 0.6 is 0 Å². The first-order valence-corrected chi connectivity index (χ1v) is 10.8. The van der Waals surface area contributed by atoms with Gasteiger partial charge in [0.25, 0.3) is 15.9 Å². The Bertz CT molecular complexity index is 1000. The molecule has 1 aliphatic rings. The van der Waals surface area contributed by atoms with Crippen LogP contribution in [0, 0.1) is 0 Å². The van der Waals surface area contributed by atoms with Crippen LogP contribution in [0.25, 0.3) is 0 Å². The summed E-state index contributed by atoms with van der Waals surface area (Å²) in [5, 5.41) is 2.94. The summed E-state index contributed by atoms with van der Waals surface area (Å²) in [6, 6.07) is 9.26. The molecule has 6 nitrogen and oxygen atoms in total. The maximum Gasteiger partial charge on any atom is 0.416 e. The molecule has 1 aliphatic heterocycles. The molecule has 1 amide bonds. The van der Waals surface area contributed by atoms with E-state index in [9.17, 15) is 26.4 Å². The first-order valence-electron chi connectivity index (χ1n) is 9.34. The molecule has 0 spiro atoms. The number of hydrogen-bond donors (Lipinski definition) is 2. The van der Waals surface area contributed by atoms with Crippen molar-refractivity contribution in [2.45, 2.75) is 30.0 Å². The maximum absolute atomic E-state index is 12.8. The third kappa shape index (κ3) is 5.51. The molecule has 1 fully saturated rings. The molecule has 30 heavy (non-hydrogen) atoms. The molecule has 2 aromatic rings. The monoisotopic (exact) mass is 441 g/mol. The average molecular weight is 441 g/mol. The molecule has 0 radical (unpaired) electrons. The second kappa shape index (κ2) is 8.65. The van der Waals surface area contributed by atoms with Gasteiger partial charge in [0.2, 0.25) is 0 Å². The van der Waals surface area contributed by atoms with Gasteiger partial charge in [0, 0.05) is 17.3 Å². The Kier molecular flexibility index (Phi) is 6.37. The number of nitrogens with one attached hydrogen (secondary N) is 2. The van der Waals surface area contributed by atoms with Crippen molar-refractivity contribution in [2.75, 3.05) is 24.9 Å². The van der Waals surface area contributed by atoms with E-state index < -0.39 is 21.8 Å². The SMILES string of the molecule is CN1CCC(NC(=O)c2ccc(S(=O)(=O)Nc3cccc(C(F)(F)F)c3)cc2)CC1. The van der Waals surface area contributed by atoms with Crippen LogP contribution in [0.15, 0.2) is 53.4 Å². The molecule has 2 N–H and O–H groups in total. The molecule has 0 atom stereocenters. The highest BCUT2D eigenvalue weighted by molar-refractivity contribution is 7.92. The summed E-state index contributed by atoms with van der Waals surface area (Å²) >= 11 is 0. The number of benzene rings is 2. The molecule has 10 heteroatoms. The molecular weight excluding hydrogens is 419 g/mol. The Morgan fingerprint density at radius 3 is 2.30 bits per heavy atom. The molecular formula is C20H22F3N3O3S. The number of rotatable bonds is 5. The van der Waals surface area contributed by atoms with Gasteiger partial charge in [-0.05, 0) is 75.4 Å². The van der Waals surface area contributed by atoms with Crippen molar-refractivity contribution in [3.8, 4) is 0 Å². The minimum Gasteiger partial charge on any atom is -0.349 e. The summed E-state index contributed by atoms with van der Waals surface area (Å²) in [7, 11) is -2.09. The first kappa shape index (κ1) is 22.1. The van der Waals surface area contributed by atoms with E-state index >= 15 is 0 Å². The Morgan fingerprint density at radius 1 is 1.07 bits per heavy atom. The number of carbonyl (C=O) groups is 1. The van der Waals surface area contributed by atoms with Crippen LogP contribution < -0.4 is 10.0 Å². The zero-order valence-corrected chi connectivity index (χ0v) is 17.1. The molecule has 162 valence electrons. The number of likely N-dealkylation sites (tertiary alicyclic amines) is 1. The number of anilines is 1. The lowest BCUT2D eigenvalue weighted by Gasteiger charge is -2.29. The minimum atomic E-state index is -4.58. The van der Waals surface area contributed by atoms with Gasteiger partial charge in [0.1, 0.15) is 0 Å². The van der Waals surface area contributed by atoms with Gasteiger partial charge in [-0.25, -0.2) is 8.42 Å². The topological polar surface area (TPSA) is 78.5 Å². The van der Waals surface area contributed by atoms with Crippen LogP contribution in [0.3, 0.4) is 0 Å². The quantitative estimate of drug-likeness (QED) is 0.746. The van der Waals surface area contributed by atoms with E-state index in [0.717, 1.165) is 44.1 Å².